The SMILES string of the molecule is CCc1ccc2c(-c3cccc(Cl)c3)nc(=O)n(CC)c2n1.COc1ccc2c(Cc3c(Cl)cncc3Cl)nnc(-c3ccccc3)c2c1.Nc1cc2c3c(c1)C(c1ccccc1)=N[C@@H](NC(=O)c1cccnc1)C(=O)N3CC2.O=C(Nc1c(Cl)cncc1Cl)c1ccc(OC(F)F)c(OCC2CC2)c1. The van der Waals surface area contributed by atoms with Gasteiger partial charge in [0.25, 0.3) is 17.7 Å². The largest absolute Gasteiger partial charge is 0.497 e. The molecule has 6 aromatic carbocycles. The molecule has 20 nitrogen and oxygen atoms in total. The van der Waals surface area contributed by atoms with Gasteiger partial charge in [-0.3, -0.25) is 33.9 Å². The Morgan fingerprint density at radius 3 is 2.04 bits per heavy atom. The Morgan fingerprint density at radius 2 is 1.37 bits per heavy atom. The van der Waals surface area contributed by atoms with E-state index in [1.807, 2.05) is 135 Å². The van der Waals surface area contributed by atoms with E-state index < -0.39 is 24.6 Å². The molecule has 27 heteroatoms. The van der Waals surface area contributed by atoms with Crippen LogP contribution >= 0.6 is 58.0 Å². The average Bonchev–Trinajstić information content (AvgIpc) is 1.68. The molecule has 1 fully saturated rings. The highest BCUT2D eigenvalue weighted by molar-refractivity contribution is 6.40. The topological polar surface area (TPSA) is 257 Å². The molecule has 0 radical (unpaired) electrons. The Kier molecular flexibility index (Phi) is 23.6. The van der Waals surface area contributed by atoms with Gasteiger partial charge in [-0.1, -0.05) is 138 Å². The number of rotatable bonds is 17. The van der Waals surface area contributed by atoms with Gasteiger partial charge in [0, 0.05) is 117 Å². The number of aromatic nitrogens is 8. The van der Waals surface area contributed by atoms with Gasteiger partial charge in [-0.15, -0.1) is 5.10 Å². The zero-order chi connectivity index (χ0) is 73.8. The van der Waals surface area contributed by atoms with E-state index in [2.05, 4.69) is 50.5 Å². The summed E-state index contributed by atoms with van der Waals surface area (Å²) < 4.78 is 42.1. The molecule has 1 aliphatic carbocycles. The van der Waals surface area contributed by atoms with Crippen LogP contribution in [0.25, 0.3) is 44.3 Å². The second-order valence-electron chi connectivity index (χ2n) is 24.1. The number of carbonyl (C=O) groups is 3. The molecule has 6 aromatic heterocycles. The third-order valence-corrected chi connectivity index (χ3v) is 18.5. The lowest BCUT2D eigenvalue weighted by Crippen LogP contribution is -2.47. The van der Waals surface area contributed by atoms with Crippen molar-refractivity contribution in [3.05, 3.63) is 275 Å². The Hall–Kier alpha value is -11.0. The zero-order valence-corrected chi connectivity index (χ0v) is 60.2. The number of halogens is 7. The molecule has 3 aliphatic rings. The van der Waals surface area contributed by atoms with Crippen molar-refractivity contribution in [2.75, 3.05) is 36.2 Å². The fourth-order valence-corrected chi connectivity index (χ4v) is 12.9. The van der Waals surface area contributed by atoms with Crippen LogP contribution in [0.2, 0.25) is 25.1 Å². The highest BCUT2D eigenvalue weighted by Crippen LogP contribution is 2.40. The molecule has 12 aromatic rings. The number of fused-ring (bicyclic) bond motifs is 2. The van der Waals surface area contributed by atoms with Gasteiger partial charge < -0.3 is 35.5 Å². The van der Waals surface area contributed by atoms with Crippen LogP contribution in [-0.2, 0) is 30.6 Å². The number of pyridine rings is 4. The van der Waals surface area contributed by atoms with E-state index in [1.165, 1.54) is 36.8 Å². The molecular formula is C78H64Cl5F2N13O7. The molecule has 8 heterocycles. The van der Waals surface area contributed by atoms with E-state index in [0.29, 0.717) is 81.8 Å². The van der Waals surface area contributed by atoms with Crippen LogP contribution in [0.1, 0.15) is 81.0 Å². The summed E-state index contributed by atoms with van der Waals surface area (Å²) >= 11 is 30.6. The maximum atomic E-state index is 13.4. The summed E-state index contributed by atoms with van der Waals surface area (Å²) in [6.07, 6.45) is 11.9. The van der Waals surface area contributed by atoms with Crippen molar-refractivity contribution in [3.8, 4) is 39.8 Å². The Balaban J connectivity index is 0.000000132. The molecule has 3 amide bonds. The molecule has 0 unspecified atom stereocenters. The quantitative estimate of drug-likeness (QED) is 0.0716. The summed E-state index contributed by atoms with van der Waals surface area (Å²) in [5.74, 6) is -0.0702. The van der Waals surface area contributed by atoms with E-state index in [-0.39, 0.29) is 44.4 Å². The fourth-order valence-electron chi connectivity index (χ4n) is 11.7. The van der Waals surface area contributed by atoms with Gasteiger partial charge in [0.2, 0.25) is 6.17 Å². The van der Waals surface area contributed by atoms with E-state index in [0.717, 1.165) is 97.3 Å². The van der Waals surface area contributed by atoms with E-state index in [1.54, 1.807) is 53.4 Å². The highest BCUT2D eigenvalue weighted by Gasteiger charge is 2.38. The molecule has 0 saturated heterocycles. The number of carbonyl (C=O) groups excluding carboxylic acids is 3. The number of aliphatic imine (C=N–C) groups is 1. The third kappa shape index (κ3) is 17.5. The highest BCUT2D eigenvalue weighted by atomic mass is 35.5. The first kappa shape index (κ1) is 73.7. The van der Waals surface area contributed by atoms with Crippen molar-refractivity contribution < 1.29 is 37.4 Å². The van der Waals surface area contributed by atoms with Gasteiger partial charge in [-0.05, 0) is 135 Å². The first-order chi connectivity index (χ1) is 50.9. The number of nitrogens with zero attached hydrogens (tertiary/aromatic N) is 10. The van der Waals surface area contributed by atoms with Crippen LogP contribution in [0, 0.1) is 5.92 Å². The summed E-state index contributed by atoms with van der Waals surface area (Å²) in [7, 11) is 1.65. The molecule has 4 N–H and O–H groups in total. The van der Waals surface area contributed by atoms with Crippen LogP contribution in [0.5, 0.6) is 17.2 Å². The molecule has 105 heavy (non-hydrogen) atoms. The van der Waals surface area contributed by atoms with Gasteiger partial charge in [0.05, 0.1) is 67.8 Å². The van der Waals surface area contributed by atoms with E-state index in [9.17, 15) is 28.0 Å². The monoisotopic (exact) mass is 1510 g/mol. The predicted octanol–water partition coefficient (Wildman–Crippen LogP) is 16.5. The predicted molar refractivity (Wildman–Crippen MR) is 406 cm³/mol. The number of amides is 3. The minimum atomic E-state index is -2.99. The third-order valence-electron chi connectivity index (χ3n) is 17.1. The van der Waals surface area contributed by atoms with Crippen molar-refractivity contribution in [2.24, 2.45) is 10.9 Å². The zero-order valence-electron chi connectivity index (χ0n) is 56.4. The number of nitrogens with two attached hydrogens (primary N) is 1. The summed E-state index contributed by atoms with van der Waals surface area (Å²) in [6, 6.07) is 47.8. The maximum absolute atomic E-state index is 13.4. The number of ether oxygens (including phenoxy) is 3. The normalized spacial score (nSPS) is 13.4. The number of alkyl halides is 2. The number of hydrogen-bond donors (Lipinski definition) is 3. The van der Waals surface area contributed by atoms with Crippen molar-refractivity contribution in [1.29, 1.82) is 0 Å². The van der Waals surface area contributed by atoms with Gasteiger partial charge in [0.15, 0.2) is 11.5 Å². The van der Waals surface area contributed by atoms with Crippen LogP contribution < -0.4 is 41.2 Å². The molecular weight excluding hydrogens is 1450 g/mol. The van der Waals surface area contributed by atoms with Crippen LogP contribution in [0.4, 0.5) is 25.8 Å². The smallest absolute Gasteiger partial charge is 0.387 e. The first-order valence-corrected chi connectivity index (χ1v) is 35.0. The summed E-state index contributed by atoms with van der Waals surface area (Å²) in [5, 5.41) is 19.1. The van der Waals surface area contributed by atoms with E-state index in [4.69, 9.17) is 78.2 Å². The standard InChI is InChI=1S/C23H19N5O2.C21H15Cl2N3O.C17H14Cl2F2N2O3.C17H16ClN3O/c24-17-11-15-8-10-28-20(15)18(12-17)19(14-5-2-1-3-6-14)26-21(23(28)30)27-22(29)16-7-4-9-25-13-16;1-27-14-7-8-15-16(9-14)21(13-5-3-2-4-6-13)26-25-20(15)10-17-18(22)11-24-12-19(17)23;18-11-6-22-7-12(19)15(11)23-16(24)10-3-4-13(26-17(20)21)14(5-10)25-8-9-1-2-9;1-3-13-8-9-14-15(11-6-5-7-12(18)10-11)20-17(22)21(4-2)16(14)19-13/h1-7,9,11-13,21H,8,10,24H2,(H,27,29);2-9,11-12H,10H2,1H3;3-7,9,17H,1-2,8H2,(H,22,23,24);5-10H,3-4H2,1-2H3/t21-;;;/m0.../s1. The summed E-state index contributed by atoms with van der Waals surface area (Å²) in [4.78, 5) is 78.0. The van der Waals surface area contributed by atoms with Gasteiger partial charge in [0.1, 0.15) is 17.1 Å². The van der Waals surface area contributed by atoms with Crippen molar-refractivity contribution in [3.63, 3.8) is 0 Å². The molecule has 1 atom stereocenters. The number of benzene rings is 6. The molecule has 15 rings (SSSR count). The number of hydrogen-bond acceptors (Lipinski definition) is 16. The van der Waals surface area contributed by atoms with E-state index >= 15 is 0 Å². The van der Waals surface area contributed by atoms with Crippen LogP contribution in [-0.4, -0.2) is 96.2 Å². The lowest BCUT2D eigenvalue weighted by atomic mass is 9.97. The van der Waals surface area contributed by atoms with Gasteiger partial charge >= 0.3 is 12.3 Å². The second kappa shape index (κ2) is 33.6. The van der Waals surface area contributed by atoms with Crippen molar-refractivity contribution >= 4 is 120 Å². The maximum Gasteiger partial charge on any atom is 0.387 e. The lowest BCUT2D eigenvalue weighted by Gasteiger charge is -2.21. The average molecular weight is 1510 g/mol. The number of aryl methyl sites for hydroxylation is 2. The first-order valence-electron chi connectivity index (χ1n) is 33.1. The number of nitrogen functional groups attached to an aromatic ring is 1. The second-order valence-corrected chi connectivity index (χ2v) is 26.1. The molecule has 2 aliphatic heterocycles. The Labute approximate surface area is 626 Å². The van der Waals surface area contributed by atoms with Crippen LogP contribution in [0.3, 0.4) is 0 Å². The molecule has 1 saturated carbocycles. The summed E-state index contributed by atoms with van der Waals surface area (Å²) in [6.45, 7) is 2.42. The van der Waals surface area contributed by atoms with Gasteiger partial charge in [-0.2, -0.15) is 18.9 Å². The number of methoxy groups -OCH3 is 1. The molecule has 0 spiro atoms. The van der Waals surface area contributed by atoms with Gasteiger partial charge in [-0.25, -0.2) is 14.8 Å². The fraction of sp³-hybridized carbons (Fsp3) is 0.179. The Bertz CT molecular complexity index is 5280. The minimum Gasteiger partial charge on any atom is -0.497 e. The minimum absolute atomic E-state index is 0.0803. The lowest BCUT2D eigenvalue weighted by molar-refractivity contribution is -0.120. The molecule has 0 bridgehead atoms. The Morgan fingerprint density at radius 1 is 0.667 bits per heavy atom. The van der Waals surface area contributed by atoms with Crippen molar-refractivity contribution in [2.45, 2.75) is 65.3 Å². The van der Waals surface area contributed by atoms with Crippen molar-refractivity contribution in [1.82, 2.24) is 45.0 Å². The number of anilines is 3. The summed E-state index contributed by atoms with van der Waals surface area (Å²) in [5.41, 5.74) is 17.9. The molecule has 532 valence electrons. The van der Waals surface area contributed by atoms with Crippen LogP contribution in [0.15, 0.2) is 205 Å². The number of nitrogens with one attached hydrogen (secondary N) is 2.